The first-order chi connectivity index (χ1) is 38.1. The Balaban J connectivity index is 1.06. The van der Waals surface area contributed by atoms with Crippen LogP contribution in [0.2, 0.25) is 0 Å². The second-order valence-corrected chi connectivity index (χ2v) is 22.3. The highest BCUT2D eigenvalue weighted by Gasteiger charge is 2.58. The summed E-state index contributed by atoms with van der Waals surface area (Å²) < 4.78 is 67.7. The van der Waals surface area contributed by atoms with E-state index >= 15 is 0 Å². The zero-order chi connectivity index (χ0) is 60.3. The predicted octanol–water partition coefficient (Wildman–Crippen LogP) is -12.9. The van der Waals surface area contributed by atoms with E-state index in [-0.39, 0.29) is 6.42 Å². The van der Waals surface area contributed by atoms with Gasteiger partial charge >= 0.3 is 0 Å². The first-order valence-electron chi connectivity index (χ1n) is 26.4. The molecule has 0 saturated carbocycles. The van der Waals surface area contributed by atoms with Gasteiger partial charge in [-0.1, -0.05) is 27.7 Å². The van der Waals surface area contributed by atoms with E-state index < -0.39 is 260 Å². The third kappa shape index (κ3) is 15.3. The number of hydrogen-bond acceptors (Lipinski definition) is 34. The van der Waals surface area contributed by atoms with E-state index in [1.165, 1.54) is 6.92 Å². The molecule has 34 nitrogen and oxygen atoms in total. The van der Waals surface area contributed by atoms with Crippen LogP contribution < -0.4 is 0 Å². The summed E-state index contributed by atoms with van der Waals surface area (Å²) in [6.45, 7) is 0.0901. The van der Waals surface area contributed by atoms with Gasteiger partial charge in [0.2, 0.25) is 0 Å². The highest BCUT2D eigenvalue weighted by atomic mass is 16.8. The standard InChI is InChI=1S/C47H84O34/c1-13-16(7-49)70-41(29(64)22(13)57)77-36-18(9-51)72-43(31(66)25(36)60)79-38-20(11-53)74-45(33(68)27(38)62)81-40-21(12-54)75-46(34(69)28(40)63)80-39-19(10-52)73-44(32(67)26(39)61)78-37-17(8-50)71-42(30(65)24(37)59)76-35(15(56)6-48)23(58)14(55)5-47(2,3)4/h13-46,48-69H,5-12H2,1-4H3/t13-,14+,15-,16-,17-,18-,19-,20-,21-,22+,23-,24-,25-,26-,27-,28-,29-,30-,31-,32-,33-,34-,35-,36-,37-,38-,39-,40-,41-,42-,43-,44-,45-,46-/m1/s1. The molecule has 0 unspecified atom stereocenters. The summed E-state index contributed by atoms with van der Waals surface area (Å²) in [6.07, 6.45) is -62.1. The van der Waals surface area contributed by atoms with Crippen LogP contribution in [0.5, 0.6) is 0 Å². The molecule has 6 rings (SSSR count). The SMILES string of the molecule is C[C@H]1[C@H](O)[C@@H](O)[C@@H](O[C@H]2[C@H](O)[C@@H](O)[C@@H](O[C@H]3[C@H](O)[C@@H](O)[C@@H](O[C@H]4[C@H](O)[C@@H](O)[C@@H](O[C@H]5[C@H](O)[C@@H](O)[C@@H](O[C@H]6[C@H](O)[C@@H](O)[C@@H](O[C@@H]([C@H](O)[C@@H](O)CC(C)(C)C)[C@H](O)CO)O[C@@H]6CO)O[C@@H]5CO)O[C@@H]4CO)O[C@@H]3CO)O[C@@H]2CO)O[C@@H]1CO. The molecule has 476 valence electrons. The lowest BCUT2D eigenvalue weighted by Crippen LogP contribution is -2.68. The summed E-state index contributed by atoms with van der Waals surface area (Å²) in [5.74, 6) is -0.753. The molecule has 0 aromatic carbocycles. The summed E-state index contributed by atoms with van der Waals surface area (Å²) in [6, 6.07) is 0. The van der Waals surface area contributed by atoms with Crippen molar-refractivity contribution in [2.45, 2.75) is 237 Å². The number of aliphatic hydroxyl groups excluding tert-OH is 22. The Morgan fingerprint density at radius 1 is 0.346 bits per heavy atom. The fraction of sp³-hybridized carbons (Fsp3) is 1.00. The fourth-order valence-corrected chi connectivity index (χ4v) is 10.5. The minimum atomic E-state index is -2.22. The maximum atomic E-state index is 11.4. The smallest absolute Gasteiger partial charge is 0.187 e. The first-order valence-corrected chi connectivity index (χ1v) is 26.4. The van der Waals surface area contributed by atoms with Gasteiger partial charge in [-0.3, -0.25) is 0 Å². The van der Waals surface area contributed by atoms with Crippen molar-refractivity contribution in [3.63, 3.8) is 0 Å². The van der Waals surface area contributed by atoms with Crippen LogP contribution in [-0.2, 0) is 56.8 Å². The highest BCUT2D eigenvalue weighted by Crippen LogP contribution is 2.38. The summed E-state index contributed by atoms with van der Waals surface area (Å²) in [7, 11) is 0. The van der Waals surface area contributed by atoms with Crippen LogP contribution in [0.1, 0.15) is 34.1 Å². The van der Waals surface area contributed by atoms with Gasteiger partial charge in [-0.15, -0.1) is 0 Å². The van der Waals surface area contributed by atoms with Crippen LogP contribution in [0.4, 0.5) is 0 Å². The van der Waals surface area contributed by atoms with Crippen molar-refractivity contribution in [3.8, 4) is 0 Å². The monoisotopic (exact) mass is 1190 g/mol. The van der Waals surface area contributed by atoms with Crippen LogP contribution in [-0.4, -0.2) is 361 Å². The average Bonchev–Trinajstić information content (AvgIpc) is 3.46. The molecule has 6 aliphatic heterocycles. The van der Waals surface area contributed by atoms with Crippen molar-refractivity contribution in [3.05, 3.63) is 0 Å². The molecule has 0 aromatic rings. The lowest BCUT2D eigenvalue weighted by molar-refractivity contribution is -0.396. The van der Waals surface area contributed by atoms with Crippen LogP contribution in [0, 0.1) is 11.3 Å². The molecule has 6 saturated heterocycles. The summed E-state index contributed by atoms with van der Waals surface area (Å²) in [5.41, 5.74) is -0.536. The van der Waals surface area contributed by atoms with Crippen molar-refractivity contribution in [2.24, 2.45) is 11.3 Å². The van der Waals surface area contributed by atoms with E-state index in [2.05, 4.69) is 0 Å². The molecule has 0 aromatic heterocycles. The van der Waals surface area contributed by atoms with Gasteiger partial charge in [0.05, 0.1) is 64.6 Å². The Labute approximate surface area is 462 Å². The maximum Gasteiger partial charge on any atom is 0.187 e. The summed E-state index contributed by atoms with van der Waals surface area (Å²) in [5, 5.41) is 236. The van der Waals surface area contributed by atoms with Crippen molar-refractivity contribution >= 4 is 0 Å². The Morgan fingerprint density at radius 2 is 0.593 bits per heavy atom. The largest absolute Gasteiger partial charge is 0.394 e. The third-order valence-electron chi connectivity index (χ3n) is 15.2. The van der Waals surface area contributed by atoms with Gasteiger partial charge in [0.15, 0.2) is 37.7 Å². The van der Waals surface area contributed by atoms with E-state index in [1.807, 2.05) is 0 Å². The topological polar surface area (TPSA) is 556 Å². The van der Waals surface area contributed by atoms with Gasteiger partial charge < -0.3 is 169 Å². The Kier molecular flexibility index (Phi) is 25.1. The zero-order valence-electron chi connectivity index (χ0n) is 44.5. The molecule has 6 fully saturated rings. The maximum absolute atomic E-state index is 11.4. The number of aliphatic hydroxyl groups is 22. The molecule has 22 N–H and O–H groups in total. The van der Waals surface area contributed by atoms with Crippen LogP contribution in [0.15, 0.2) is 0 Å². The second-order valence-electron chi connectivity index (χ2n) is 22.3. The molecular formula is C47H84O34. The summed E-state index contributed by atoms with van der Waals surface area (Å²) in [4.78, 5) is 0. The molecule has 6 aliphatic rings. The van der Waals surface area contributed by atoms with Crippen molar-refractivity contribution in [1.29, 1.82) is 0 Å². The normalized spacial score (nSPS) is 48.1. The molecule has 0 bridgehead atoms. The number of ether oxygens (including phenoxy) is 12. The van der Waals surface area contributed by atoms with Gasteiger partial charge in [-0.2, -0.15) is 0 Å². The molecule has 0 amide bonds. The Morgan fingerprint density at radius 3 is 0.852 bits per heavy atom. The number of rotatable bonds is 23. The van der Waals surface area contributed by atoms with E-state index in [1.54, 1.807) is 20.8 Å². The van der Waals surface area contributed by atoms with Crippen LogP contribution in [0.3, 0.4) is 0 Å². The molecule has 0 aliphatic carbocycles. The van der Waals surface area contributed by atoms with E-state index in [0.717, 1.165) is 0 Å². The molecule has 6 heterocycles. The van der Waals surface area contributed by atoms with Crippen molar-refractivity contribution in [1.82, 2.24) is 0 Å². The molecule has 81 heavy (non-hydrogen) atoms. The zero-order valence-corrected chi connectivity index (χ0v) is 44.5. The lowest BCUT2D eigenvalue weighted by atomic mass is 9.86. The minimum absolute atomic E-state index is 0.0176. The van der Waals surface area contributed by atoms with Crippen LogP contribution in [0.25, 0.3) is 0 Å². The first kappa shape index (κ1) is 68.7. The summed E-state index contributed by atoms with van der Waals surface area (Å²) >= 11 is 0. The minimum Gasteiger partial charge on any atom is -0.394 e. The molecular weight excluding hydrogens is 1110 g/mol. The van der Waals surface area contributed by atoms with E-state index in [9.17, 15) is 112 Å². The van der Waals surface area contributed by atoms with E-state index in [4.69, 9.17) is 56.8 Å². The average molecular weight is 1190 g/mol. The molecule has 34 atom stereocenters. The van der Waals surface area contributed by atoms with Gasteiger partial charge in [-0.05, 0) is 11.8 Å². The van der Waals surface area contributed by atoms with E-state index in [0.29, 0.717) is 0 Å². The van der Waals surface area contributed by atoms with Crippen molar-refractivity contribution < 1.29 is 169 Å². The Hall–Kier alpha value is -1.36. The quantitative estimate of drug-likeness (QED) is 0.0452. The lowest BCUT2D eigenvalue weighted by Gasteiger charge is -2.50. The molecule has 0 radical (unpaired) electrons. The third-order valence-corrected chi connectivity index (χ3v) is 15.2. The number of hydrogen-bond donors (Lipinski definition) is 22. The van der Waals surface area contributed by atoms with Crippen LogP contribution >= 0.6 is 0 Å². The second kappa shape index (κ2) is 29.6. The van der Waals surface area contributed by atoms with Crippen molar-refractivity contribution in [2.75, 3.05) is 46.2 Å². The predicted molar refractivity (Wildman–Crippen MR) is 254 cm³/mol. The fourth-order valence-electron chi connectivity index (χ4n) is 10.5. The van der Waals surface area contributed by atoms with Gasteiger partial charge in [0.1, 0.15) is 146 Å². The van der Waals surface area contributed by atoms with Gasteiger partial charge in [0, 0.05) is 5.92 Å². The highest BCUT2D eigenvalue weighted by molar-refractivity contribution is 5.00. The molecule has 34 heteroatoms. The van der Waals surface area contributed by atoms with Gasteiger partial charge in [-0.25, -0.2) is 0 Å². The molecule has 0 spiro atoms. The Bertz CT molecular complexity index is 1850. The van der Waals surface area contributed by atoms with Gasteiger partial charge in [0.25, 0.3) is 0 Å².